The highest BCUT2D eigenvalue weighted by Gasteiger charge is 2.44. The summed E-state index contributed by atoms with van der Waals surface area (Å²) in [6.45, 7) is 0.449. The van der Waals surface area contributed by atoms with Gasteiger partial charge in [0.25, 0.3) is 0 Å². The van der Waals surface area contributed by atoms with Gasteiger partial charge in [0.05, 0.1) is 31.2 Å². The standard InChI is InChI=1S/C27H28F3N5O2S.ClH/c1-35(24-22-11-21(12-27(28,29)30)38-25(22)33-16-32-24)23-4-3-9-26(23,36)34-13-17-5-7-18(8-6-17)19-10-20(37-2)15-31-14-19;/h5-8,10-11,14-16,23,34,36H,3-4,9,12-13H2,1-2H3;1H. The molecule has 5 rings (SSSR count). The molecule has 7 nitrogen and oxygen atoms in total. The van der Waals surface area contributed by atoms with Crippen molar-refractivity contribution in [3.8, 4) is 16.9 Å². The van der Waals surface area contributed by atoms with Crippen LogP contribution >= 0.6 is 23.7 Å². The van der Waals surface area contributed by atoms with E-state index in [-0.39, 0.29) is 23.3 Å². The second-order valence-electron chi connectivity index (χ2n) is 9.53. The van der Waals surface area contributed by atoms with Crippen molar-refractivity contribution >= 4 is 39.8 Å². The maximum absolute atomic E-state index is 13.0. The molecule has 1 aliphatic carbocycles. The van der Waals surface area contributed by atoms with Crippen LogP contribution in [0, 0.1) is 0 Å². The first-order valence-corrected chi connectivity index (χ1v) is 13.1. The van der Waals surface area contributed by atoms with E-state index < -0.39 is 18.3 Å². The normalized spacial score (nSPS) is 19.2. The molecular formula is C27H29ClF3N5O2S. The second kappa shape index (κ2) is 11.6. The summed E-state index contributed by atoms with van der Waals surface area (Å²) < 4.78 is 44.1. The zero-order valence-corrected chi connectivity index (χ0v) is 23.0. The number of alkyl halides is 3. The minimum Gasteiger partial charge on any atom is -0.495 e. The van der Waals surface area contributed by atoms with Crippen molar-refractivity contribution in [3.05, 3.63) is 65.6 Å². The van der Waals surface area contributed by atoms with E-state index in [4.69, 9.17) is 4.74 Å². The van der Waals surface area contributed by atoms with E-state index in [9.17, 15) is 18.3 Å². The lowest BCUT2D eigenvalue weighted by molar-refractivity contribution is -0.126. The van der Waals surface area contributed by atoms with Gasteiger partial charge in [-0.05, 0) is 42.5 Å². The third-order valence-electron chi connectivity index (χ3n) is 6.96. The molecule has 1 saturated carbocycles. The van der Waals surface area contributed by atoms with E-state index in [1.807, 2.05) is 42.3 Å². The van der Waals surface area contributed by atoms with E-state index in [2.05, 4.69) is 20.3 Å². The number of nitrogens with one attached hydrogen (secondary N) is 1. The summed E-state index contributed by atoms with van der Waals surface area (Å²) in [5.41, 5.74) is 1.77. The number of fused-ring (bicyclic) bond motifs is 1. The molecule has 2 atom stereocenters. The van der Waals surface area contributed by atoms with Crippen LogP contribution in [0.1, 0.15) is 29.7 Å². The third-order valence-corrected chi connectivity index (χ3v) is 8.00. The summed E-state index contributed by atoms with van der Waals surface area (Å²) >= 11 is 1.02. The molecule has 0 saturated heterocycles. The van der Waals surface area contributed by atoms with Crippen molar-refractivity contribution in [3.63, 3.8) is 0 Å². The minimum absolute atomic E-state index is 0. The molecule has 3 aromatic heterocycles. The fraction of sp³-hybridized carbons (Fsp3) is 0.370. The lowest BCUT2D eigenvalue weighted by atomic mass is 10.0. The Balaban J connectivity index is 0.00000353. The molecule has 0 aliphatic heterocycles. The van der Waals surface area contributed by atoms with Crippen LogP contribution in [0.5, 0.6) is 5.75 Å². The van der Waals surface area contributed by atoms with Crippen LogP contribution in [0.25, 0.3) is 21.3 Å². The number of benzene rings is 1. The van der Waals surface area contributed by atoms with Gasteiger partial charge in [-0.25, -0.2) is 9.97 Å². The van der Waals surface area contributed by atoms with E-state index >= 15 is 0 Å². The summed E-state index contributed by atoms with van der Waals surface area (Å²) in [6.07, 6.45) is 1.57. The van der Waals surface area contributed by atoms with Crippen LogP contribution in [-0.4, -0.2) is 52.2 Å². The van der Waals surface area contributed by atoms with Gasteiger partial charge in [0.1, 0.15) is 28.5 Å². The van der Waals surface area contributed by atoms with Crippen LogP contribution < -0.4 is 15.0 Å². The van der Waals surface area contributed by atoms with Gasteiger partial charge in [-0.3, -0.25) is 10.3 Å². The summed E-state index contributed by atoms with van der Waals surface area (Å²) in [4.78, 5) is 15.3. The molecule has 39 heavy (non-hydrogen) atoms. The first-order valence-electron chi connectivity index (χ1n) is 12.2. The Morgan fingerprint density at radius 3 is 2.64 bits per heavy atom. The average Bonchev–Trinajstić information content (AvgIpc) is 3.49. The molecule has 1 aromatic carbocycles. The van der Waals surface area contributed by atoms with Crippen LogP contribution in [0.4, 0.5) is 19.0 Å². The second-order valence-corrected chi connectivity index (χ2v) is 10.6. The predicted molar refractivity (Wildman–Crippen MR) is 148 cm³/mol. The number of aromatic nitrogens is 3. The number of methoxy groups -OCH3 is 1. The number of nitrogens with zero attached hydrogens (tertiary/aromatic N) is 4. The Morgan fingerprint density at radius 2 is 1.92 bits per heavy atom. The first-order chi connectivity index (χ1) is 18.1. The molecule has 2 N–H and O–H groups in total. The average molecular weight is 580 g/mol. The summed E-state index contributed by atoms with van der Waals surface area (Å²) in [5, 5.41) is 15.5. The molecule has 0 bridgehead atoms. The van der Waals surface area contributed by atoms with Gasteiger partial charge < -0.3 is 14.7 Å². The maximum atomic E-state index is 13.0. The highest BCUT2D eigenvalue weighted by molar-refractivity contribution is 7.18. The van der Waals surface area contributed by atoms with Gasteiger partial charge in [0.2, 0.25) is 0 Å². The van der Waals surface area contributed by atoms with Crippen LogP contribution in [0.15, 0.2) is 55.1 Å². The number of hydrogen-bond acceptors (Lipinski definition) is 8. The Labute approximate surface area is 234 Å². The molecule has 0 spiro atoms. The lowest BCUT2D eigenvalue weighted by Crippen LogP contribution is -2.57. The largest absolute Gasteiger partial charge is 0.495 e. The molecule has 0 radical (unpaired) electrons. The number of likely N-dealkylation sites (N-methyl/N-ethyl adjacent to an activating group) is 1. The van der Waals surface area contributed by atoms with Crippen molar-refractivity contribution < 1.29 is 23.0 Å². The van der Waals surface area contributed by atoms with Gasteiger partial charge >= 0.3 is 6.18 Å². The number of halogens is 4. The maximum Gasteiger partial charge on any atom is 0.393 e. The molecule has 2 unspecified atom stereocenters. The Bertz CT molecular complexity index is 1420. The Kier molecular flexibility index (Phi) is 8.65. The van der Waals surface area contributed by atoms with Crippen LogP contribution in [0.3, 0.4) is 0 Å². The summed E-state index contributed by atoms with van der Waals surface area (Å²) in [6, 6.07) is 11.1. The smallest absolute Gasteiger partial charge is 0.393 e. The number of thiophene rings is 1. The highest BCUT2D eigenvalue weighted by atomic mass is 35.5. The fourth-order valence-electron chi connectivity index (χ4n) is 5.06. The van der Waals surface area contributed by atoms with Crippen molar-refractivity contribution in [1.82, 2.24) is 20.3 Å². The van der Waals surface area contributed by atoms with E-state index in [1.165, 1.54) is 12.4 Å². The lowest BCUT2D eigenvalue weighted by Gasteiger charge is -2.38. The Morgan fingerprint density at radius 1 is 1.15 bits per heavy atom. The number of rotatable bonds is 8. The first kappa shape index (κ1) is 29.0. The molecule has 208 valence electrons. The number of aliphatic hydroxyl groups is 1. The van der Waals surface area contributed by atoms with Gasteiger partial charge in [0.15, 0.2) is 0 Å². The number of anilines is 1. The zero-order chi connectivity index (χ0) is 26.9. The molecule has 0 amide bonds. The molecule has 1 fully saturated rings. The predicted octanol–water partition coefficient (Wildman–Crippen LogP) is 5.76. The SMILES string of the molecule is COc1cncc(-c2ccc(CNC3(O)CCCC3N(C)c3ncnc4sc(CC(F)(F)F)cc34)cc2)c1.Cl. The molecule has 3 heterocycles. The van der Waals surface area contributed by atoms with E-state index in [0.717, 1.165) is 34.4 Å². The van der Waals surface area contributed by atoms with Gasteiger partial charge in [0, 0.05) is 30.2 Å². The topological polar surface area (TPSA) is 83.4 Å². The summed E-state index contributed by atoms with van der Waals surface area (Å²) in [7, 11) is 3.43. The van der Waals surface area contributed by atoms with Crippen LogP contribution in [-0.2, 0) is 13.0 Å². The van der Waals surface area contributed by atoms with Crippen molar-refractivity contribution in [1.29, 1.82) is 0 Å². The highest BCUT2D eigenvalue weighted by Crippen LogP contribution is 2.38. The van der Waals surface area contributed by atoms with Crippen LogP contribution in [0.2, 0.25) is 0 Å². The van der Waals surface area contributed by atoms with Crippen molar-refractivity contribution in [2.75, 3.05) is 19.1 Å². The summed E-state index contributed by atoms with van der Waals surface area (Å²) in [5.74, 6) is 1.20. The molecular weight excluding hydrogens is 551 g/mol. The Hall–Kier alpha value is -2.99. The van der Waals surface area contributed by atoms with Gasteiger partial charge in [-0.1, -0.05) is 24.3 Å². The van der Waals surface area contributed by atoms with E-state index in [0.29, 0.717) is 41.2 Å². The van der Waals surface area contributed by atoms with Gasteiger partial charge in [-0.15, -0.1) is 23.7 Å². The quantitative estimate of drug-likeness (QED) is 0.257. The van der Waals surface area contributed by atoms with Crippen molar-refractivity contribution in [2.45, 2.75) is 50.2 Å². The van der Waals surface area contributed by atoms with Crippen molar-refractivity contribution in [2.24, 2.45) is 0 Å². The number of pyridine rings is 1. The van der Waals surface area contributed by atoms with E-state index in [1.54, 1.807) is 19.5 Å². The third kappa shape index (κ3) is 6.43. The number of ether oxygens (including phenoxy) is 1. The molecule has 4 aromatic rings. The van der Waals surface area contributed by atoms with Gasteiger partial charge in [-0.2, -0.15) is 13.2 Å². The minimum atomic E-state index is -4.29. The fourth-order valence-corrected chi connectivity index (χ4v) is 6.08. The number of hydrogen-bond donors (Lipinski definition) is 2. The molecule has 1 aliphatic rings. The monoisotopic (exact) mass is 579 g/mol. The molecule has 12 heteroatoms. The zero-order valence-electron chi connectivity index (χ0n) is 21.4.